The maximum absolute atomic E-state index is 11.6. The molecule has 1 aromatic heterocycles. The number of benzene rings is 2. The highest BCUT2D eigenvalue weighted by Gasteiger charge is 2.20. The number of amides is 1. The van der Waals surface area contributed by atoms with E-state index in [0.29, 0.717) is 11.4 Å². The fourth-order valence-electron chi connectivity index (χ4n) is 3.24. The first-order valence-corrected chi connectivity index (χ1v) is 8.81. The van der Waals surface area contributed by atoms with Gasteiger partial charge < -0.3 is 14.8 Å². The predicted molar refractivity (Wildman–Crippen MR) is 101 cm³/mol. The van der Waals surface area contributed by atoms with Crippen LogP contribution in [0.25, 0.3) is 11.0 Å². The molecule has 1 amide bonds. The average molecular weight is 355 g/mol. The van der Waals surface area contributed by atoms with Crippen molar-refractivity contribution >= 4 is 39.9 Å². The lowest BCUT2D eigenvalue weighted by Crippen LogP contribution is -2.33. The molecule has 0 radical (unpaired) electrons. The molecule has 0 unspecified atom stereocenters. The standard InChI is InChI=1S/C19H19ClN4O/c1-2-19(25)21-14-4-3-5-15(11-14)23-8-9-24-17-7-6-13(20)10-16(17)22-18(24)12-23/h3-7,10-11H,2,8-9,12H2,1H3,(H,21,25). The third kappa shape index (κ3) is 3.07. The van der Waals surface area contributed by atoms with Gasteiger partial charge >= 0.3 is 0 Å². The van der Waals surface area contributed by atoms with Gasteiger partial charge in [0.15, 0.2) is 0 Å². The van der Waals surface area contributed by atoms with Gasteiger partial charge in [-0.1, -0.05) is 24.6 Å². The second-order valence-electron chi connectivity index (χ2n) is 6.19. The average Bonchev–Trinajstić information content (AvgIpc) is 2.98. The van der Waals surface area contributed by atoms with E-state index in [1.54, 1.807) is 0 Å². The van der Waals surface area contributed by atoms with Gasteiger partial charge in [0.2, 0.25) is 5.91 Å². The van der Waals surface area contributed by atoms with Crippen LogP contribution in [-0.4, -0.2) is 22.0 Å². The van der Waals surface area contributed by atoms with E-state index >= 15 is 0 Å². The molecule has 4 rings (SSSR count). The van der Waals surface area contributed by atoms with Crippen molar-refractivity contribution in [2.24, 2.45) is 0 Å². The first kappa shape index (κ1) is 16.0. The minimum absolute atomic E-state index is 0.0227. The molecule has 1 aliphatic rings. The van der Waals surface area contributed by atoms with Crippen LogP contribution in [0.1, 0.15) is 19.2 Å². The van der Waals surface area contributed by atoms with Crippen LogP contribution in [0.3, 0.4) is 0 Å². The summed E-state index contributed by atoms with van der Waals surface area (Å²) in [7, 11) is 0. The van der Waals surface area contributed by atoms with E-state index in [1.807, 2.05) is 43.3 Å². The summed E-state index contributed by atoms with van der Waals surface area (Å²) in [5.41, 5.74) is 3.98. The van der Waals surface area contributed by atoms with Crippen LogP contribution in [0.15, 0.2) is 42.5 Å². The molecule has 25 heavy (non-hydrogen) atoms. The molecule has 0 aliphatic carbocycles. The van der Waals surface area contributed by atoms with E-state index in [2.05, 4.69) is 20.9 Å². The molecular weight excluding hydrogens is 336 g/mol. The third-order valence-corrected chi connectivity index (χ3v) is 4.77. The summed E-state index contributed by atoms with van der Waals surface area (Å²) >= 11 is 6.08. The molecule has 5 nitrogen and oxygen atoms in total. The number of nitrogens with one attached hydrogen (secondary N) is 1. The molecule has 1 N–H and O–H groups in total. The Labute approximate surface area is 151 Å². The topological polar surface area (TPSA) is 50.2 Å². The Morgan fingerprint density at radius 3 is 2.96 bits per heavy atom. The number of nitrogens with zero attached hydrogens (tertiary/aromatic N) is 3. The van der Waals surface area contributed by atoms with Crippen molar-refractivity contribution in [3.63, 3.8) is 0 Å². The minimum Gasteiger partial charge on any atom is -0.362 e. The number of carbonyl (C=O) groups excluding carboxylic acids is 1. The Morgan fingerprint density at radius 1 is 1.24 bits per heavy atom. The van der Waals surface area contributed by atoms with Gasteiger partial charge in [0, 0.05) is 35.9 Å². The molecule has 1 aliphatic heterocycles. The van der Waals surface area contributed by atoms with E-state index < -0.39 is 0 Å². The normalized spacial score (nSPS) is 13.8. The molecule has 0 atom stereocenters. The summed E-state index contributed by atoms with van der Waals surface area (Å²) < 4.78 is 2.25. The molecule has 2 aromatic carbocycles. The van der Waals surface area contributed by atoms with Crippen LogP contribution in [0.5, 0.6) is 0 Å². The SMILES string of the molecule is CCC(=O)Nc1cccc(N2CCn3c(nc4cc(Cl)ccc43)C2)c1. The highest BCUT2D eigenvalue weighted by atomic mass is 35.5. The maximum Gasteiger partial charge on any atom is 0.224 e. The molecule has 6 heteroatoms. The Hall–Kier alpha value is -2.53. The Balaban J connectivity index is 1.61. The lowest BCUT2D eigenvalue weighted by atomic mass is 10.2. The molecule has 2 heterocycles. The number of aromatic nitrogens is 2. The minimum atomic E-state index is 0.0227. The monoisotopic (exact) mass is 354 g/mol. The van der Waals surface area contributed by atoms with Gasteiger partial charge in [0.05, 0.1) is 17.6 Å². The van der Waals surface area contributed by atoms with Crippen LogP contribution >= 0.6 is 11.6 Å². The van der Waals surface area contributed by atoms with Crippen LogP contribution < -0.4 is 10.2 Å². The fourth-order valence-corrected chi connectivity index (χ4v) is 3.41. The molecule has 0 saturated heterocycles. The number of fused-ring (bicyclic) bond motifs is 3. The van der Waals surface area contributed by atoms with Crippen molar-refractivity contribution in [1.29, 1.82) is 0 Å². The number of imidazole rings is 1. The Kier molecular flexibility index (Phi) is 4.09. The van der Waals surface area contributed by atoms with Gasteiger partial charge in [-0.25, -0.2) is 4.98 Å². The highest BCUT2D eigenvalue weighted by molar-refractivity contribution is 6.31. The zero-order chi connectivity index (χ0) is 17.4. The zero-order valence-electron chi connectivity index (χ0n) is 14.0. The van der Waals surface area contributed by atoms with Gasteiger partial charge in [0.1, 0.15) is 5.82 Å². The summed E-state index contributed by atoms with van der Waals surface area (Å²) in [5.74, 6) is 1.06. The summed E-state index contributed by atoms with van der Waals surface area (Å²) in [6.45, 7) is 4.35. The number of halogens is 1. The van der Waals surface area contributed by atoms with Crippen LogP contribution in [-0.2, 0) is 17.9 Å². The van der Waals surface area contributed by atoms with Crippen molar-refractivity contribution in [2.75, 3.05) is 16.8 Å². The smallest absolute Gasteiger partial charge is 0.224 e. The van der Waals surface area contributed by atoms with Crippen molar-refractivity contribution in [1.82, 2.24) is 9.55 Å². The number of hydrogen-bond acceptors (Lipinski definition) is 3. The molecular formula is C19H19ClN4O. The molecule has 128 valence electrons. The van der Waals surface area contributed by atoms with Gasteiger partial charge in [-0.05, 0) is 36.4 Å². The zero-order valence-corrected chi connectivity index (χ0v) is 14.8. The second-order valence-corrected chi connectivity index (χ2v) is 6.62. The van der Waals surface area contributed by atoms with Crippen molar-refractivity contribution in [3.8, 4) is 0 Å². The summed E-state index contributed by atoms with van der Waals surface area (Å²) in [6, 6.07) is 13.8. The summed E-state index contributed by atoms with van der Waals surface area (Å²) in [4.78, 5) is 18.6. The van der Waals surface area contributed by atoms with E-state index in [9.17, 15) is 4.79 Å². The maximum atomic E-state index is 11.6. The van der Waals surface area contributed by atoms with Crippen LogP contribution in [0.2, 0.25) is 5.02 Å². The molecule has 0 saturated carbocycles. The van der Waals surface area contributed by atoms with E-state index in [-0.39, 0.29) is 5.91 Å². The Morgan fingerprint density at radius 2 is 2.12 bits per heavy atom. The number of carbonyl (C=O) groups is 1. The molecule has 0 fully saturated rings. The molecule has 0 bridgehead atoms. The van der Waals surface area contributed by atoms with Gasteiger partial charge in [0.25, 0.3) is 0 Å². The number of anilines is 2. The van der Waals surface area contributed by atoms with Gasteiger partial charge in [-0.15, -0.1) is 0 Å². The predicted octanol–water partition coefficient (Wildman–Crippen LogP) is 4.06. The number of rotatable bonds is 3. The van der Waals surface area contributed by atoms with E-state index in [1.165, 1.54) is 0 Å². The first-order valence-electron chi connectivity index (χ1n) is 8.43. The highest BCUT2D eigenvalue weighted by Crippen LogP contribution is 2.27. The lowest BCUT2D eigenvalue weighted by molar-refractivity contribution is -0.115. The fraction of sp³-hybridized carbons (Fsp3) is 0.263. The molecule has 3 aromatic rings. The second kappa shape index (κ2) is 6.41. The quantitative estimate of drug-likeness (QED) is 0.771. The van der Waals surface area contributed by atoms with Gasteiger partial charge in [-0.2, -0.15) is 0 Å². The number of hydrogen-bond donors (Lipinski definition) is 1. The summed E-state index contributed by atoms with van der Waals surface area (Å²) in [5, 5.41) is 3.62. The lowest BCUT2D eigenvalue weighted by Gasteiger charge is -2.30. The van der Waals surface area contributed by atoms with E-state index in [0.717, 1.165) is 47.9 Å². The third-order valence-electron chi connectivity index (χ3n) is 4.53. The largest absolute Gasteiger partial charge is 0.362 e. The van der Waals surface area contributed by atoms with E-state index in [4.69, 9.17) is 16.6 Å². The Bertz CT molecular complexity index is 950. The van der Waals surface area contributed by atoms with Crippen molar-refractivity contribution < 1.29 is 4.79 Å². The van der Waals surface area contributed by atoms with Crippen molar-refractivity contribution in [2.45, 2.75) is 26.4 Å². The van der Waals surface area contributed by atoms with Gasteiger partial charge in [-0.3, -0.25) is 4.79 Å². The summed E-state index contributed by atoms with van der Waals surface area (Å²) in [6.07, 6.45) is 0.473. The first-order chi connectivity index (χ1) is 12.1. The van der Waals surface area contributed by atoms with Crippen LogP contribution in [0.4, 0.5) is 11.4 Å². The molecule has 0 spiro atoms. The van der Waals surface area contributed by atoms with Crippen molar-refractivity contribution in [3.05, 3.63) is 53.3 Å². The van der Waals surface area contributed by atoms with Crippen LogP contribution in [0, 0.1) is 0 Å².